The molecule has 0 saturated carbocycles. The van der Waals surface area contributed by atoms with Crippen LogP contribution >= 0.6 is 0 Å². The Balaban J connectivity index is 1.98. The van der Waals surface area contributed by atoms with Crippen molar-refractivity contribution in [3.05, 3.63) is 73.8 Å². The van der Waals surface area contributed by atoms with E-state index in [1.807, 2.05) is 0 Å². The summed E-state index contributed by atoms with van der Waals surface area (Å²) in [4.78, 5) is 48.6. The highest BCUT2D eigenvalue weighted by atomic mass is 32.2. The molecule has 22 heteroatoms. The van der Waals surface area contributed by atoms with E-state index in [9.17, 15) is 46.2 Å². The van der Waals surface area contributed by atoms with Crippen LogP contribution in [0.5, 0.6) is 11.8 Å². The van der Waals surface area contributed by atoms with Crippen molar-refractivity contribution in [2.75, 3.05) is 22.7 Å². The second-order valence-electron chi connectivity index (χ2n) is 12.6. The zero-order valence-corrected chi connectivity index (χ0v) is 34.2. The highest BCUT2D eigenvalue weighted by Crippen LogP contribution is 2.41. The summed E-state index contributed by atoms with van der Waals surface area (Å²) >= 11 is 0. The van der Waals surface area contributed by atoms with Gasteiger partial charge in [0, 0.05) is 48.4 Å². The molecule has 2 aromatic heterocycles. The lowest BCUT2D eigenvalue weighted by molar-refractivity contribution is -0.105. The number of thiol groups is 1. The maximum absolute atomic E-state index is 13.9. The summed E-state index contributed by atoms with van der Waals surface area (Å²) in [6.07, 6.45) is 1.10. The number of carbonyl (C=O) groups is 2. The van der Waals surface area contributed by atoms with E-state index in [1.54, 1.807) is 27.7 Å². The normalized spacial score (nSPS) is 11.8. The van der Waals surface area contributed by atoms with Gasteiger partial charge < -0.3 is 21.3 Å². The van der Waals surface area contributed by atoms with Crippen molar-refractivity contribution in [1.29, 1.82) is 0 Å². The average molecular weight is 841 g/mol. The van der Waals surface area contributed by atoms with Crippen molar-refractivity contribution in [1.82, 2.24) is 13.9 Å². The van der Waals surface area contributed by atoms with Gasteiger partial charge in [0.05, 0.1) is 22.0 Å². The standard InChI is InChI=1S/C36H44N10O10S2/c1-7-15-39-58(55,56)27-18-23(41-43-31-21(6)29(38-19-47)34(50)45(10-4)36(31)52)12-14-25(27)24-13-11-22(17-26(24)46(16-8-2)57(53)54)40-42-30-20(5)28(32(37)48)33(49)44(9-3)35(30)51/h11-14,17-19,39,51-52,57H,7-10,15-16H2,1-6H3,(H2,37,48)(H,38,47). The second kappa shape index (κ2) is 18.8. The minimum Gasteiger partial charge on any atom is -0.493 e. The molecule has 2 amide bonds. The number of azo groups is 2. The second-order valence-corrected chi connectivity index (χ2v) is 15.3. The maximum Gasteiger partial charge on any atom is 0.277 e. The summed E-state index contributed by atoms with van der Waals surface area (Å²) in [6, 6.07) is 8.22. The summed E-state index contributed by atoms with van der Waals surface area (Å²) in [5, 5.41) is 40.6. The topological polar surface area (TPSA) is 290 Å². The Morgan fingerprint density at radius 2 is 1.40 bits per heavy atom. The molecule has 58 heavy (non-hydrogen) atoms. The van der Waals surface area contributed by atoms with Gasteiger partial charge in [-0.1, -0.05) is 26.0 Å². The highest BCUT2D eigenvalue weighted by Gasteiger charge is 2.26. The number of primary amides is 1. The van der Waals surface area contributed by atoms with Crippen LogP contribution in [0.25, 0.3) is 11.1 Å². The number of anilines is 2. The molecule has 4 rings (SSSR count). The first-order valence-electron chi connectivity index (χ1n) is 17.9. The van der Waals surface area contributed by atoms with Gasteiger partial charge in [0.25, 0.3) is 17.0 Å². The van der Waals surface area contributed by atoms with Gasteiger partial charge in [0.15, 0.2) is 5.69 Å². The molecular weight excluding hydrogens is 797 g/mol. The summed E-state index contributed by atoms with van der Waals surface area (Å²) in [5.41, 5.74) is 3.39. The van der Waals surface area contributed by atoms with Crippen LogP contribution < -0.4 is 31.2 Å². The van der Waals surface area contributed by atoms with Crippen LogP contribution in [0.15, 0.2) is 71.3 Å². The molecule has 0 bridgehead atoms. The molecular formula is C36H44N10O10S2. The zero-order chi connectivity index (χ0) is 43.1. The number of hydrogen-bond acceptors (Lipinski definition) is 14. The number of nitrogens with two attached hydrogens (primary N) is 1. The van der Waals surface area contributed by atoms with Crippen LogP contribution in [0.3, 0.4) is 0 Å². The Morgan fingerprint density at radius 3 is 1.91 bits per heavy atom. The zero-order valence-electron chi connectivity index (χ0n) is 32.5. The van der Waals surface area contributed by atoms with Crippen LogP contribution in [0, 0.1) is 13.8 Å². The van der Waals surface area contributed by atoms with E-state index in [0.717, 1.165) is 13.4 Å². The maximum atomic E-state index is 13.9. The Hall–Kier alpha value is -6.26. The number of nitrogens with one attached hydrogen (secondary N) is 2. The quantitative estimate of drug-likeness (QED) is 0.0457. The number of sulfonamides is 1. The molecule has 4 aromatic rings. The van der Waals surface area contributed by atoms with Gasteiger partial charge in [-0.25, -0.2) is 21.6 Å². The number of aromatic nitrogens is 2. The monoisotopic (exact) mass is 840 g/mol. The SMILES string of the molecule is CCCNS(=O)(=O)c1cc(N=Nc2c(C)c(NC=O)c(=O)n(CC)c2O)ccc1-c1ccc(N=Nc2c(C)c(C(N)=O)c(=O)n(CC)c2O)cc1N(CCC)[SH](=O)=O. The summed E-state index contributed by atoms with van der Waals surface area (Å²) in [6.45, 7) is 9.51. The number of rotatable bonds is 18. The van der Waals surface area contributed by atoms with Gasteiger partial charge in [-0.2, -0.15) is 10.2 Å². The van der Waals surface area contributed by atoms with Gasteiger partial charge in [0.1, 0.15) is 16.9 Å². The number of carbonyl (C=O) groups excluding carboxylic acids is 2. The predicted molar refractivity (Wildman–Crippen MR) is 217 cm³/mol. The van der Waals surface area contributed by atoms with Gasteiger partial charge in [-0.3, -0.25) is 32.6 Å². The van der Waals surface area contributed by atoms with E-state index in [1.165, 1.54) is 50.2 Å². The van der Waals surface area contributed by atoms with Crippen molar-refractivity contribution in [2.45, 2.75) is 72.4 Å². The number of benzene rings is 2. The van der Waals surface area contributed by atoms with Gasteiger partial charge >= 0.3 is 0 Å². The van der Waals surface area contributed by atoms with E-state index in [0.29, 0.717) is 19.3 Å². The van der Waals surface area contributed by atoms with Crippen LogP contribution in [0.4, 0.5) is 34.1 Å². The van der Waals surface area contributed by atoms with E-state index >= 15 is 0 Å². The molecule has 0 aliphatic carbocycles. The molecule has 2 heterocycles. The van der Waals surface area contributed by atoms with E-state index in [4.69, 9.17) is 5.73 Å². The molecule has 0 fully saturated rings. The highest BCUT2D eigenvalue weighted by molar-refractivity contribution is 7.89. The van der Waals surface area contributed by atoms with Crippen molar-refractivity contribution in [3.63, 3.8) is 0 Å². The molecule has 0 unspecified atom stereocenters. The molecule has 0 aliphatic heterocycles. The van der Waals surface area contributed by atoms with E-state index in [-0.39, 0.29) is 87.5 Å². The smallest absolute Gasteiger partial charge is 0.277 e. The molecule has 0 saturated heterocycles. The summed E-state index contributed by atoms with van der Waals surface area (Å²) in [5.74, 6) is -2.15. The number of amides is 2. The molecule has 0 aliphatic rings. The van der Waals surface area contributed by atoms with Crippen LogP contribution in [-0.4, -0.2) is 61.6 Å². The molecule has 2 aromatic carbocycles. The lowest BCUT2D eigenvalue weighted by atomic mass is 10.0. The first kappa shape index (κ1) is 44.5. The minimum absolute atomic E-state index is 0.00946. The minimum atomic E-state index is -4.32. The Labute approximate surface area is 334 Å². The average Bonchev–Trinajstić information content (AvgIpc) is 3.17. The molecule has 0 atom stereocenters. The Kier molecular flexibility index (Phi) is 14.4. The Morgan fingerprint density at radius 1 is 0.845 bits per heavy atom. The number of hydrogen-bond donors (Lipinski definition) is 6. The van der Waals surface area contributed by atoms with Crippen molar-refractivity contribution in [2.24, 2.45) is 26.2 Å². The van der Waals surface area contributed by atoms with Crippen molar-refractivity contribution >= 4 is 67.4 Å². The number of aromatic hydroxyl groups is 2. The van der Waals surface area contributed by atoms with Crippen molar-refractivity contribution < 1.29 is 36.6 Å². The van der Waals surface area contributed by atoms with Crippen LogP contribution in [0.1, 0.15) is 62.0 Å². The molecule has 310 valence electrons. The third-order valence-electron chi connectivity index (χ3n) is 8.91. The summed E-state index contributed by atoms with van der Waals surface area (Å²) < 4.78 is 58.6. The summed E-state index contributed by atoms with van der Waals surface area (Å²) in [7, 11) is -7.61. The predicted octanol–water partition coefficient (Wildman–Crippen LogP) is 4.67. The third kappa shape index (κ3) is 8.98. The molecule has 20 nitrogen and oxygen atoms in total. The van der Waals surface area contributed by atoms with E-state index in [2.05, 4.69) is 30.5 Å². The molecule has 6 N–H and O–H groups in total. The van der Waals surface area contributed by atoms with Gasteiger partial charge in [-0.05, 0) is 64.8 Å². The lowest BCUT2D eigenvalue weighted by Crippen LogP contribution is -2.30. The fourth-order valence-corrected chi connectivity index (χ4v) is 8.11. The number of nitrogens with zero attached hydrogens (tertiary/aromatic N) is 7. The number of pyridine rings is 2. The van der Waals surface area contributed by atoms with Crippen LogP contribution in [-0.2, 0) is 38.8 Å². The molecule has 0 radical (unpaired) electrons. The molecule has 0 spiro atoms. The third-order valence-corrected chi connectivity index (χ3v) is 11.2. The van der Waals surface area contributed by atoms with Gasteiger partial charge in [-0.15, -0.1) is 10.2 Å². The Bertz CT molecular complexity index is 2630. The fraction of sp³-hybridized carbons (Fsp3) is 0.333. The first-order valence-corrected chi connectivity index (χ1v) is 20.6. The largest absolute Gasteiger partial charge is 0.493 e. The van der Waals surface area contributed by atoms with E-state index < -0.39 is 55.3 Å². The fourth-order valence-electron chi connectivity index (χ4n) is 6.03. The first-order chi connectivity index (χ1) is 27.5. The lowest BCUT2D eigenvalue weighted by Gasteiger charge is -2.22. The van der Waals surface area contributed by atoms with Crippen molar-refractivity contribution in [3.8, 4) is 22.9 Å². The van der Waals surface area contributed by atoms with Gasteiger partial charge in [0.2, 0.25) is 39.1 Å². The van der Waals surface area contributed by atoms with Crippen LogP contribution in [0.2, 0.25) is 0 Å².